The lowest BCUT2D eigenvalue weighted by Gasteiger charge is -2.25. The Kier molecular flexibility index (Phi) is 4.45. The van der Waals surface area contributed by atoms with Crippen LogP contribution < -0.4 is 0 Å². The molecule has 4 rings (SSSR count). The summed E-state index contributed by atoms with van der Waals surface area (Å²) in [6.45, 7) is 3.06. The SMILES string of the molecule is CCC(=O)N1CCC[C@@H]1c1nc2ccccc2n1Cc1ccccc1F. The molecule has 1 fully saturated rings. The molecule has 0 radical (unpaired) electrons. The Bertz CT molecular complexity index is 949. The van der Waals surface area contributed by atoms with E-state index in [9.17, 15) is 9.18 Å². The van der Waals surface area contributed by atoms with Crippen molar-refractivity contribution in [1.82, 2.24) is 14.5 Å². The van der Waals surface area contributed by atoms with Gasteiger partial charge in [-0.1, -0.05) is 37.3 Å². The predicted octanol–water partition coefficient (Wildman–Crippen LogP) is 4.30. The maximum atomic E-state index is 14.3. The minimum Gasteiger partial charge on any atom is -0.333 e. The van der Waals surface area contributed by atoms with Gasteiger partial charge in [-0.2, -0.15) is 0 Å². The number of amides is 1. The van der Waals surface area contributed by atoms with Crippen LogP contribution in [0.4, 0.5) is 4.39 Å². The maximum Gasteiger partial charge on any atom is 0.222 e. The van der Waals surface area contributed by atoms with Crippen LogP contribution in [0.2, 0.25) is 0 Å². The highest BCUT2D eigenvalue weighted by molar-refractivity contribution is 5.78. The summed E-state index contributed by atoms with van der Waals surface area (Å²) in [5.74, 6) is 0.787. The summed E-state index contributed by atoms with van der Waals surface area (Å²) >= 11 is 0. The van der Waals surface area contributed by atoms with E-state index >= 15 is 0 Å². The average molecular weight is 351 g/mol. The van der Waals surface area contributed by atoms with Gasteiger partial charge in [0.05, 0.1) is 23.6 Å². The normalized spacial score (nSPS) is 17.2. The molecule has 0 unspecified atom stereocenters. The molecule has 0 bridgehead atoms. The molecule has 0 N–H and O–H groups in total. The van der Waals surface area contributed by atoms with Crippen molar-refractivity contribution in [2.45, 2.75) is 38.8 Å². The maximum absolute atomic E-state index is 14.3. The van der Waals surface area contributed by atoms with Gasteiger partial charge in [0.15, 0.2) is 0 Å². The Morgan fingerprint density at radius 1 is 1.19 bits per heavy atom. The summed E-state index contributed by atoms with van der Waals surface area (Å²) in [5, 5.41) is 0. The zero-order valence-corrected chi connectivity index (χ0v) is 14.9. The molecule has 1 atom stereocenters. The fourth-order valence-electron chi connectivity index (χ4n) is 3.85. The van der Waals surface area contributed by atoms with Crippen LogP contribution in [0.5, 0.6) is 0 Å². The van der Waals surface area contributed by atoms with E-state index in [0.717, 1.165) is 36.2 Å². The number of carbonyl (C=O) groups is 1. The number of nitrogens with zero attached hydrogens (tertiary/aromatic N) is 3. The Hall–Kier alpha value is -2.69. The molecule has 2 aromatic carbocycles. The number of fused-ring (bicyclic) bond motifs is 1. The second kappa shape index (κ2) is 6.90. The average Bonchev–Trinajstić information content (AvgIpc) is 3.28. The van der Waals surface area contributed by atoms with E-state index in [0.29, 0.717) is 18.5 Å². The third-order valence-corrected chi connectivity index (χ3v) is 5.14. The first-order chi connectivity index (χ1) is 12.7. The van der Waals surface area contributed by atoms with Crippen LogP contribution in [0.25, 0.3) is 11.0 Å². The van der Waals surface area contributed by atoms with E-state index in [-0.39, 0.29) is 17.8 Å². The Labute approximate surface area is 152 Å². The first-order valence-electron chi connectivity index (χ1n) is 9.17. The Balaban J connectivity index is 1.82. The van der Waals surface area contributed by atoms with Gasteiger partial charge in [-0.3, -0.25) is 4.79 Å². The highest BCUT2D eigenvalue weighted by atomic mass is 19.1. The number of hydrogen-bond acceptors (Lipinski definition) is 2. The van der Waals surface area contributed by atoms with Crippen molar-refractivity contribution in [1.29, 1.82) is 0 Å². The molecule has 26 heavy (non-hydrogen) atoms. The minimum absolute atomic E-state index is 0.0402. The van der Waals surface area contributed by atoms with Gasteiger partial charge in [-0.15, -0.1) is 0 Å². The molecule has 134 valence electrons. The second-order valence-corrected chi connectivity index (χ2v) is 6.73. The Morgan fingerprint density at radius 3 is 2.77 bits per heavy atom. The molecule has 1 aliphatic heterocycles. The van der Waals surface area contributed by atoms with Crippen molar-refractivity contribution in [2.24, 2.45) is 0 Å². The van der Waals surface area contributed by atoms with Gasteiger partial charge in [0.1, 0.15) is 11.6 Å². The lowest BCUT2D eigenvalue weighted by molar-refractivity contribution is -0.131. The van der Waals surface area contributed by atoms with Crippen molar-refractivity contribution >= 4 is 16.9 Å². The number of benzene rings is 2. The van der Waals surface area contributed by atoms with Gasteiger partial charge in [0.2, 0.25) is 5.91 Å². The summed E-state index contributed by atoms with van der Waals surface area (Å²) in [7, 11) is 0. The summed E-state index contributed by atoms with van der Waals surface area (Å²) in [4.78, 5) is 19.1. The van der Waals surface area contributed by atoms with Gasteiger partial charge in [0.25, 0.3) is 0 Å². The van der Waals surface area contributed by atoms with Crippen LogP contribution in [0.1, 0.15) is 43.6 Å². The monoisotopic (exact) mass is 351 g/mol. The van der Waals surface area contributed by atoms with E-state index in [1.165, 1.54) is 6.07 Å². The largest absolute Gasteiger partial charge is 0.333 e. The van der Waals surface area contributed by atoms with Gasteiger partial charge in [-0.05, 0) is 31.0 Å². The second-order valence-electron chi connectivity index (χ2n) is 6.73. The molecule has 1 aliphatic rings. The summed E-state index contributed by atoms with van der Waals surface area (Å²) < 4.78 is 16.3. The van der Waals surface area contributed by atoms with E-state index in [4.69, 9.17) is 4.98 Å². The molecule has 0 saturated carbocycles. The molecule has 3 aromatic rings. The van der Waals surface area contributed by atoms with Gasteiger partial charge >= 0.3 is 0 Å². The van der Waals surface area contributed by atoms with Crippen LogP contribution in [-0.4, -0.2) is 26.9 Å². The van der Waals surface area contributed by atoms with Crippen LogP contribution in [0, 0.1) is 5.82 Å². The minimum atomic E-state index is -0.218. The van der Waals surface area contributed by atoms with Crippen molar-refractivity contribution < 1.29 is 9.18 Å². The van der Waals surface area contributed by atoms with Crippen molar-refractivity contribution in [3.05, 3.63) is 65.7 Å². The molecule has 2 heterocycles. The third-order valence-electron chi connectivity index (χ3n) is 5.14. The van der Waals surface area contributed by atoms with E-state index in [2.05, 4.69) is 4.57 Å². The molecule has 1 aromatic heterocycles. The summed E-state index contributed by atoms with van der Waals surface area (Å²) in [5.41, 5.74) is 2.49. The quantitative estimate of drug-likeness (QED) is 0.703. The standard InChI is InChI=1S/C21H22FN3O/c1-2-20(26)24-13-7-12-19(24)21-23-17-10-5-6-11-18(17)25(21)14-15-8-3-4-9-16(15)22/h3-6,8-11,19H,2,7,12-14H2,1H3/t19-/m1/s1. The molecular formula is C21H22FN3O. The van der Waals surface area contributed by atoms with Crippen LogP contribution in [0.3, 0.4) is 0 Å². The summed E-state index contributed by atoms with van der Waals surface area (Å²) in [6, 6.07) is 14.7. The molecular weight excluding hydrogens is 329 g/mol. The highest BCUT2D eigenvalue weighted by Gasteiger charge is 2.33. The van der Waals surface area contributed by atoms with E-state index < -0.39 is 0 Å². The lowest BCUT2D eigenvalue weighted by atomic mass is 10.1. The van der Waals surface area contributed by atoms with Crippen LogP contribution >= 0.6 is 0 Å². The number of likely N-dealkylation sites (tertiary alicyclic amines) is 1. The van der Waals surface area contributed by atoms with Gasteiger partial charge in [-0.25, -0.2) is 9.37 Å². The molecule has 1 amide bonds. The fourth-order valence-corrected chi connectivity index (χ4v) is 3.85. The number of imidazole rings is 1. The number of halogens is 1. The lowest BCUT2D eigenvalue weighted by Crippen LogP contribution is -2.31. The number of aromatic nitrogens is 2. The molecule has 0 aliphatic carbocycles. The number of hydrogen-bond donors (Lipinski definition) is 0. The van der Waals surface area contributed by atoms with Crippen LogP contribution in [0.15, 0.2) is 48.5 Å². The molecule has 4 nitrogen and oxygen atoms in total. The highest BCUT2D eigenvalue weighted by Crippen LogP contribution is 2.34. The third kappa shape index (κ3) is 2.87. The van der Waals surface area contributed by atoms with E-state index in [1.54, 1.807) is 12.1 Å². The van der Waals surface area contributed by atoms with Crippen LogP contribution in [-0.2, 0) is 11.3 Å². The van der Waals surface area contributed by atoms with Gasteiger partial charge in [0, 0.05) is 18.5 Å². The van der Waals surface area contributed by atoms with Crippen molar-refractivity contribution in [2.75, 3.05) is 6.54 Å². The Morgan fingerprint density at radius 2 is 1.96 bits per heavy atom. The molecule has 5 heteroatoms. The molecule has 1 saturated heterocycles. The zero-order valence-electron chi connectivity index (χ0n) is 14.9. The summed E-state index contributed by atoms with van der Waals surface area (Å²) in [6.07, 6.45) is 2.36. The zero-order chi connectivity index (χ0) is 18.1. The van der Waals surface area contributed by atoms with Gasteiger partial charge < -0.3 is 9.47 Å². The van der Waals surface area contributed by atoms with Crippen molar-refractivity contribution in [3.63, 3.8) is 0 Å². The first kappa shape index (κ1) is 16.8. The first-order valence-corrected chi connectivity index (χ1v) is 9.17. The predicted molar refractivity (Wildman–Crippen MR) is 99.2 cm³/mol. The van der Waals surface area contributed by atoms with Crippen molar-refractivity contribution in [3.8, 4) is 0 Å². The molecule has 0 spiro atoms. The topological polar surface area (TPSA) is 38.1 Å². The smallest absolute Gasteiger partial charge is 0.222 e. The number of rotatable bonds is 4. The van der Waals surface area contributed by atoms with E-state index in [1.807, 2.05) is 42.2 Å². The number of para-hydroxylation sites is 2. The number of carbonyl (C=O) groups excluding carboxylic acids is 1. The fraction of sp³-hybridized carbons (Fsp3) is 0.333.